The van der Waals surface area contributed by atoms with Gasteiger partial charge >= 0.3 is 0 Å². The van der Waals surface area contributed by atoms with Crippen LogP contribution in [0.25, 0.3) is 0 Å². The predicted molar refractivity (Wildman–Crippen MR) is 28.2 cm³/mol. The highest BCUT2D eigenvalue weighted by Crippen LogP contribution is 2.43. The van der Waals surface area contributed by atoms with E-state index in [9.17, 15) is 8.78 Å². The van der Waals surface area contributed by atoms with E-state index in [0.29, 0.717) is 0 Å². The van der Waals surface area contributed by atoms with Crippen LogP contribution in [0.15, 0.2) is 0 Å². The van der Waals surface area contributed by atoms with Crippen molar-refractivity contribution >= 4 is 0 Å². The molecule has 3 N–H and O–H groups in total. The molecule has 1 fully saturated rings. The van der Waals surface area contributed by atoms with Gasteiger partial charge in [0.05, 0.1) is 12.1 Å². The zero-order valence-corrected chi connectivity index (χ0v) is 4.90. The smallest absolute Gasteiger partial charge is 0.251 e. The van der Waals surface area contributed by atoms with Crippen LogP contribution in [0, 0.1) is 0 Å². The van der Waals surface area contributed by atoms with Crippen LogP contribution in [-0.4, -0.2) is 23.2 Å². The highest BCUT2D eigenvalue weighted by Gasteiger charge is 2.53. The molecule has 0 spiro atoms. The summed E-state index contributed by atoms with van der Waals surface area (Å²) in [6.07, 6.45) is -0.757. The Balaban J connectivity index is 2.41. The Morgan fingerprint density at radius 2 is 1.89 bits per heavy atom. The number of aliphatic hydroxyl groups is 1. The highest BCUT2D eigenvalue weighted by molar-refractivity contribution is 5.02. The van der Waals surface area contributed by atoms with Crippen molar-refractivity contribution in [1.82, 2.24) is 0 Å². The van der Waals surface area contributed by atoms with E-state index in [2.05, 4.69) is 0 Å². The zero-order chi connectivity index (χ0) is 7.12. The molecule has 0 radical (unpaired) electrons. The summed E-state index contributed by atoms with van der Waals surface area (Å²) in [4.78, 5) is 0. The second kappa shape index (κ2) is 1.64. The van der Waals surface area contributed by atoms with Crippen molar-refractivity contribution in [3.63, 3.8) is 0 Å². The van der Waals surface area contributed by atoms with Crippen molar-refractivity contribution in [2.24, 2.45) is 5.73 Å². The number of hydrogen-bond donors (Lipinski definition) is 2. The summed E-state index contributed by atoms with van der Waals surface area (Å²) in [6, 6.07) is 0. The number of rotatable bonds is 1. The second-order valence-electron chi connectivity index (χ2n) is 2.73. The summed E-state index contributed by atoms with van der Waals surface area (Å²) in [5.41, 5.74) is 4.25. The molecule has 1 saturated carbocycles. The molecule has 2 nitrogen and oxygen atoms in total. The van der Waals surface area contributed by atoms with Crippen molar-refractivity contribution in [2.45, 2.75) is 24.3 Å². The topological polar surface area (TPSA) is 46.2 Å². The Hall–Kier alpha value is -0.220. The van der Waals surface area contributed by atoms with Crippen molar-refractivity contribution in [2.75, 3.05) is 6.61 Å². The van der Waals surface area contributed by atoms with E-state index >= 15 is 0 Å². The molecule has 0 saturated heterocycles. The molecule has 54 valence electrons. The Labute approximate surface area is 51.7 Å². The van der Waals surface area contributed by atoms with E-state index < -0.39 is 11.5 Å². The molecule has 0 aromatic heterocycles. The van der Waals surface area contributed by atoms with E-state index in [1.54, 1.807) is 0 Å². The molecule has 1 aliphatic rings. The minimum Gasteiger partial charge on any atom is -0.394 e. The number of alkyl halides is 2. The van der Waals surface area contributed by atoms with Crippen LogP contribution < -0.4 is 5.73 Å². The Morgan fingerprint density at radius 3 is 2.00 bits per heavy atom. The van der Waals surface area contributed by atoms with Crippen molar-refractivity contribution < 1.29 is 13.9 Å². The highest BCUT2D eigenvalue weighted by atomic mass is 19.3. The van der Waals surface area contributed by atoms with Crippen LogP contribution in [0.5, 0.6) is 0 Å². The first kappa shape index (κ1) is 6.89. The zero-order valence-electron chi connectivity index (χ0n) is 4.90. The SMILES string of the molecule is NC1(CO)CC(F)(F)C1. The summed E-state index contributed by atoms with van der Waals surface area (Å²) < 4.78 is 24.1. The molecule has 0 heterocycles. The molecule has 1 aliphatic carbocycles. The summed E-state index contributed by atoms with van der Waals surface area (Å²) in [7, 11) is 0. The molecule has 1 rings (SSSR count). The number of aliphatic hydroxyl groups excluding tert-OH is 1. The summed E-state index contributed by atoms with van der Waals surface area (Å²) in [6.45, 7) is -0.345. The van der Waals surface area contributed by atoms with Gasteiger partial charge in [-0.25, -0.2) is 8.78 Å². The summed E-state index contributed by atoms with van der Waals surface area (Å²) >= 11 is 0. The minimum absolute atomic E-state index is 0.345. The molecule has 0 aliphatic heterocycles. The first-order valence-electron chi connectivity index (χ1n) is 2.75. The van der Waals surface area contributed by atoms with Gasteiger partial charge in [0.25, 0.3) is 5.92 Å². The maximum atomic E-state index is 12.0. The standard InChI is InChI=1S/C5H9F2NO/c6-5(7)1-4(8,2-5)3-9/h9H,1-3,8H2. The fraction of sp³-hybridized carbons (Fsp3) is 1.00. The molecule has 0 aromatic rings. The Kier molecular flexibility index (Phi) is 1.25. The Morgan fingerprint density at radius 1 is 1.44 bits per heavy atom. The monoisotopic (exact) mass is 137 g/mol. The normalized spacial score (nSPS) is 29.3. The lowest BCUT2D eigenvalue weighted by atomic mass is 9.75. The summed E-state index contributed by atoms with van der Waals surface area (Å²) in [5, 5.41) is 8.42. The van der Waals surface area contributed by atoms with Crippen LogP contribution in [0.1, 0.15) is 12.8 Å². The number of halogens is 2. The van der Waals surface area contributed by atoms with Gasteiger partial charge in [-0.15, -0.1) is 0 Å². The Bertz CT molecular complexity index is 118. The van der Waals surface area contributed by atoms with E-state index in [1.165, 1.54) is 0 Å². The third kappa shape index (κ3) is 1.19. The average Bonchev–Trinajstić information content (AvgIpc) is 1.61. The number of hydrogen-bond acceptors (Lipinski definition) is 2. The molecule has 0 unspecified atom stereocenters. The first-order valence-corrected chi connectivity index (χ1v) is 2.75. The molecule has 0 atom stereocenters. The third-order valence-corrected chi connectivity index (χ3v) is 1.54. The molecule has 0 aromatic carbocycles. The van der Waals surface area contributed by atoms with Gasteiger partial charge in [0.2, 0.25) is 0 Å². The molecular formula is C5H9F2NO. The van der Waals surface area contributed by atoms with E-state index in [1.807, 2.05) is 0 Å². The second-order valence-corrected chi connectivity index (χ2v) is 2.73. The maximum Gasteiger partial charge on any atom is 0.251 e. The van der Waals surface area contributed by atoms with Crippen molar-refractivity contribution in [3.8, 4) is 0 Å². The van der Waals surface area contributed by atoms with Gasteiger partial charge in [0.1, 0.15) is 0 Å². The van der Waals surface area contributed by atoms with Crippen LogP contribution in [0.4, 0.5) is 8.78 Å². The van der Waals surface area contributed by atoms with E-state index in [4.69, 9.17) is 10.8 Å². The van der Waals surface area contributed by atoms with E-state index in [-0.39, 0.29) is 19.4 Å². The van der Waals surface area contributed by atoms with Gasteiger partial charge < -0.3 is 10.8 Å². The fourth-order valence-electron chi connectivity index (χ4n) is 1.09. The molecule has 4 heteroatoms. The summed E-state index contributed by atoms with van der Waals surface area (Å²) in [5.74, 6) is -2.63. The van der Waals surface area contributed by atoms with Gasteiger partial charge in [0.15, 0.2) is 0 Å². The van der Waals surface area contributed by atoms with Gasteiger partial charge in [-0.2, -0.15) is 0 Å². The lowest BCUT2D eigenvalue weighted by Crippen LogP contribution is -2.60. The van der Waals surface area contributed by atoms with Gasteiger partial charge in [-0.1, -0.05) is 0 Å². The molecule has 0 bridgehead atoms. The fourth-order valence-corrected chi connectivity index (χ4v) is 1.09. The van der Waals surface area contributed by atoms with Crippen LogP contribution in [0.3, 0.4) is 0 Å². The van der Waals surface area contributed by atoms with Gasteiger partial charge in [0, 0.05) is 12.8 Å². The molecular weight excluding hydrogens is 128 g/mol. The average molecular weight is 137 g/mol. The minimum atomic E-state index is -2.63. The quantitative estimate of drug-likeness (QED) is 0.538. The van der Waals surface area contributed by atoms with Crippen LogP contribution >= 0.6 is 0 Å². The largest absolute Gasteiger partial charge is 0.394 e. The number of nitrogens with two attached hydrogens (primary N) is 1. The van der Waals surface area contributed by atoms with Crippen molar-refractivity contribution in [3.05, 3.63) is 0 Å². The lowest BCUT2D eigenvalue weighted by molar-refractivity contribution is -0.134. The van der Waals surface area contributed by atoms with Crippen LogP contribution in [0.2, 0.25) is 0 Å². The predicted octanol–water partition coefficient (Wildman–Crippen LogP) is 0.105. The van der Waals surface area contributed by atoms with Crippen molar-refractivity contribution in [1.29, 1.82) is 0 Å². The van der Waals surface area contributed by atoms with E-state index in [0.717, 1.165) is 0 Å². The molecule has 9 heavy (non-hydrogen) atoms. The third-order valence-electron chi connectivity index (χ3n) is 1.54. The molecule has 0 amide bonds. The lowest BCUT2D eigenvalue weighted by Gasteiger charge is -2.42. The maximum absolute atomic E-state index is 12.0. The van der Waals surface area contributed by atoms with Gasteiger partial charge in [-0.3, -0.25) is 0 Å². The first-order chi connectivity index (χ1) is 3.97. The van der Waals surface area contributed by atoms with Crippen LogP contribution in [-0.2, 0) is 0 Å². The van der Waals surface area contributed by atoms with Gasteiger partial charge in [-0.05, 0) is 0 Å².